The molecule has 0 aliphatic carbocycles. The van der Waals surface area contributed by atoms with E-state index in [1.165, 1.54) is 12.1 Å². The van der Waals surface area contributed by atoms with Crippen LogP contribution in [-0.2, 0) is 22.4 Å². The van der Waals surface area contributed by atoms with Crippen molar-refractivity contribution < 1.29 is 32.5 Å². The van der Waals surface area contributed by atoms with E-state index in [0.29, 0.717) is 19.7 Å². The first-order chi connectivity index (χ1) is 15.3. The summed E-state index contributed by atoms with van der Waals surface area (Å²) in [7, 11) is 1.92. The molecule has 2 N–H and O–H groups in total. The number of hydrogen-bond donors (Lipinski definition) is 2. The number of ether oxygens (including phenoxy) is 3. The molecule has 2 aliphatic heterocycles. The smallest absolute Gasteiger partial charge is 0.406 e. The van der Waals surface area contributed by atoms with Crippen molar-refractivity contribution in [3.05, 3.63) is 59.9 Å². The van der Waals surface area contributed by atoms with Crippen LogP contribution in [0.1, 0.15) is 11.3 Å². The van der Waals surface area contributed by atoms with Crippen LogP contribution < -0.4 is 10.1 Å². The molecular weight excluding hydrogens is 427 g/mol. The Morgan fingerprint density at radius 3 is 2.69 bits per heavy atom. The van der Waals surface area contributed by atoms with Crippen molar-refractivity contribution in [3.8, 4) is 5.75 Å². The third-order valence-corrected chi connectivity index (χ3v) is 5.79. The van der Waals surface area contributed by atoms with Gasteiger partial charge in [0.25, 0.3) is 0 Å². The number of rotatable bonds is 8. The van der Waals surface area contributed by atoms with Gasteiger partial charge in [0.15, 0.2) is 6.29 Å². The van der Waals surface area contributed by atoms with Crippen molar-refractivity contribution in [2.24, 2.45) is 0 Å². The summed E-state index contributed by atoms with van der Waals surface area (Å²) in [5.41, 5.74) is 1.72. The third-order valence-electron chi connectivity index (χ3n) is 5.79. The number of hydrogen-bond acceptors (Lipinski definition) is 7. The Morgan fingerprint density at radius 1 is 1.22 bits per heavy atom. The lowest BCUT2D eigenvalue weighted by molar-refractivity contribution is -0.274. The average Bonchev–Trinajstić information content (AvgIpc) is 3.18. The summed E-state index contributed by atoms with van der Waals surface area (Å²) in [4.78, 5) is 6.35. The molecule has 174 valence electrons. The van der Waals surface area contributed by atoms with Gasteiger partial charge in [0.1, 0.15) is 11.9 Å². The number of aliphatic hydroxyl groups excluding tert-OH is 1. The zero-order valence-electron chi connectivity index (χ0n) is 17.5. The minimum Gasteiger partial charge on any atom is -0.406 e. The maximum Gasteiger partial charge on any atom is 0.573 e. The van der Waals surface area contributed by atoms with E-state index in [1.807, 2.05) is 30.1 Å². The molecule has 0 radical (unpaired) electrons. The molecule has 0 saturated carbocycles. The molecule has 0 unspecified atom stereocenters. The van der Waals surface area contributed by atoms with Crippen LogP contribution in [-0.4, -0.2) is 72.1 Å². The molecule has 2 saturated heterocycles. The maximum atomic E-state index is 12.3. The second-order valence-corrected chi connectivity index (χ2v) is 8.01. The first-order valence-corrected chi connectivity index (χ1v) is 10.4. The molecule has 32 heavy (non-hydrogen) atoms. The van der Waals surface area contributed by atoms with Crippen molar-refractivity contribution in [2.75, 3.05) is 20.2 Å². The van der Waals surface area contributed by atoms with E-state index in [0.717, 1.165) is 17.7 Å². The molecule has 2 bridgehead atoms. The van der Waals surface area contributed by atoms with Gasteiger partial charge in [0.2, 0.25) is 0 Å². The minimum atomic E-state index is -4.72. The third kappa shape index (κ3) is 5.57. The summed E-state index contributed by atoms with van der Waals surface area (Å²) < 4.78 is 52.6. The lowest BCUT2D eigenvalue weighted by Crippen LogP contribution is -2.63. The predicted octanol–water partition coefficient (Wildman–Crippen LogP) is 2.10. The Labute approximate surface area is 184 Å². The van der Waals surface area contributed by atoms with E-state index in [9.17, 15) is 18.3 Å². The largest absolute Gasteiger partial charge is 0.573 e. The van der Waals surface area contributed by atoms with Crippen LogP contribution in [0.5, 0.6) is 5.75 Å². The van der Waals surface area contributed by atoms with Crippen LogP contribution in [0.3, 0.4) is 0 Å². The number of aromatic nitrogens is 1. The van der Waals surface area contributed by atoms with E-state index in [4.69, 9.17) is 9.47 Å². The molecule has 4 rings (SSSR count). The highest BCUT2D eigenvalue weighted by atomic mass is 19.4. The second-order valence-electron chi connectivity index (χ2n) is 8.01. The Hall–Kier alpha value is -2.24. The molecule has 5 atom stereocenters. The number of fused-ring (bicyclic) bond motifs is 2. The van der Waals surface area contributed by atoms with Crippen LogP contribution in [0.15, 0.2) is 48.7 Å². The Morgan fingerprint density at radius 2 is 2.00 bits per heavy atom. The lowest BCUT2D eigenvalue weighted by atomic mass is 9.94. The van der Waals surface area contributed by atoms with E-state index in [1.54, 1.807) is 18.3 Å². The summed E-state index contributed by atoms with van der Waals surface area (Å²) in [5.74, 6) is -0.274. The SMILES string of the molecule is CN(CCc1ccccn1)[C@H]1[C@@H]2OC[C@@H](O2)[C@@H](NCc2ccc(OC(F)(F)F)cc2)[C@@H]1O. The number of aliphatic hydroxyl groups is 1. The van der Waals surface area contributed by atoms with Gasteiger partial charge in [-0.25, -0.2) is 0 Å². The first-order valence-electron chi connectivity index (χ1n) is 10.4. The molecule has 0 spiro atoms. The first kappa shape index (κ1) is 22.9. The molecule has 1 aromatic carbocycles. The number of alkyl halides is 3. The predicted molar refractivity (Wildman–Crippen MR) is 109 cm³/mol. The topological polar surface area (TPSA) is 76.1 Å². The summed E-state index contributed by atoms with van der Waals surface area (Å²) in [6, 6.07) is 10.6. The molecule has 1 aromatic heterocycles. The minimum absolute atomic E-state index is 0.274. The monoisotopic (exact) mass is 453 g/mol. The summed E-state index contributed by atoms with van der Waals surface area (Å²) >= 11 is 0. The van der Waals surface area contributed by atoms with Gasteiger partial charge in [0, 0.05) is 31.4 Å². The van der Waals surface area contributed by atoms with Gasteiger partial charge < -0.3 is 24.6 Å². The van der Waals surface area contributed by atoms with Gasteiger partial charge >= 0.3 is 6.36 Å². The van der Waals surface area contributed by atoms with Crippen molar-refractivity contribution in [2.45, 2.75) is 49.9 Å². The zero-order chi connectivity index (χ0) is 22.7. The fourth-order valence-corrected chi connectivity index (χ4v) is 4.15. The molecule has 7 nitrogen and oxygen atoms in total. The van der Waals surface area contributed by atoms with Crippen molar-refractivity contribution in [3.63, 3.8) is 0 Å². The number of nitrogens with zero attached hydrogens (tertiary/aromatic N) is 2. The number of halogens is 3. The van der Waals surface area contributed by atoms with E-state index < -0.39 is 18.8 Å². The summed E-state index contributed by atoms with van der Waals surface area (Å²) in [6.07, 6.45) is -3.81. The molecular formula is C22H26F3N3O4. The fraction of sp³-hybridized carbons (Fsp3) is 0.500. The number of benzene rings is 1. The normalized spacial score (nSPS) is 27.6. The molecule has 2 aliphatic rings. The zero-order valence-corrected chi connectivity index (χ0v) is 17.5. The van der Waals surface area contributed by atoms with Crippen LogP contribution in [0.2, 0.25) is 0 Å². The summed E-state index contributed by atoms with van der Waals surface area (Å²) in [6.45, 7) is 1.38. The van der Waals surface area contributed by atoms with E-state index in [2.05, 4.69) is 15.0 Å². The van der Waals surface area contributed by atoms with Crippen molar-refractivity contribution >= 4 is 0 Å². The number of nitrogens with one attached hydrogen (secondary N) is 1. The van der Waals surface area contributed by atoms with Crippen LogP contribution in [0.4, 0.5) is 13.2 Å². The quantitative estimate of drug-likeness (QED) is 0.634. The van der Waals surface area contributed by atoms with Crippen LogP contribution >= 0.6 is 0 Å². The lowest BCUT2D eigenvalue weighted by Gasteiger charge is -2.42. The van der Waals surface area contributed by atoms with Gasteiger partial charge in [-0.3, -0.25) is 9.88 Å². The number of pyridine rings is 1. The average molecular weight is 453 g/mol. The second kappa shape index (κ2) is 9.72. The van der Waals surface area contributed by atoms with E-state index >= 15 is 0 Å². The molecule has 2 aromatic rings. The van der Waals surface area contributed by atoms with Gasteiger partial charge in [-0.15, -0.1) is 13.2 Å². The Balaban J connectivity index is 1.35. The van der Waals surface area contributed by atoms with Gasteiger partial charge in [-0.1, -0.05) is 18.2 Å². The van der Waals surface area contributed by atoms with Crippen LogP contribution in [0, 0.1) is 0 Å². The highest BCUT2D eigenvalue weighted by Gasteiger charge is 2.51. The highest BCUT2D eigenvalue weighted by Crippen LogP contribution is 2.31. The maximum absolute atomic E-state index is 12.3. The summed E-state index contributed by atoms with van der Waals surface area (Å²) in [5, 5.41) is 14.4. The Bertz CT molecular complexity index is 869. The van der Waals surface area contributed by atoms with Crippen molar-refractivity contribution in [1.82, 2.24) is 15.2 Å². The van der Waals surface area contributed by atoms with Crippen LogP contribution in [0.25, 0.3) is 0 Å². The highest BCUT2D eigenvalue weighted by molar-refractivity contribution is 5.27. The number of likely N-dealkylation sites (N-methyl/N-ethyl adjacent to an activating group) is 1. The van der Waals surface area contributed by atoms with Gasteiger partial charge in [-0.2, -0.15) is 0 Å². The van der Waals surface area contributed by atoms with Gasteiger partial charge in [0.05, 0.1) is 24.8 Å². The standard InChI is InChI=1S/C22H26F3N3O4/c1-28(11-9-15-4-2-3-10-26-15)19-20(29)18(17-13-30-21(19)31-17)27-12-14-5-7-16(8-6-14)32-22(23,24)25/h2-8,10,17-21,27,29H,9,11-13H2,1H3/t17-,18-,19-,20+,21-/m1/s1. The molecule has 10 heteroatoms. The molecule has 2 fully saturated rings. The Kier molecular flexibility index (Phi) is 6.96. The fourth-order valence-electron chi connectivity index (χ4n) is 4.15. The molecule has 3 heterocycles. The molecule has 0 amide bonds. The van der Waals surface area contributed by atoms with Gasteiger partial charge in [-0.05, 0) is 36.9 Å². The van der Waals surface area contributed by atoms with Crippen molar-refractivity contribution in [1.29, 1.82) is 0 Å². The van der Waals surface area contributed by atoms with E-state index in [-0.39, 0.29) is 23.9 Å².